The van der Waals surface area contributed by atoms with E-state index in [9.17, 15) is 0 Å². The van der Waals surface area contributed by atoms with E-state index in [1.807, 2.05) is 18.2 Å². The van der Waals surface area contributed by atoms with E-state index in [4.69, 9.17) is 15.0 Å². The molecule has 0 fully saturated rings. The third-order valence-corrected chi connectivity index (χ3v) is 14.6. The molecule has 0 amide bonds. The van der Waals surface area contributed by atoms with Gasteiger partial charge in [-0.05, 0) is 70.8 Å². The highest BCUT2D eigenvalue weighted by Crippen LogP contribution is 2.45. The Balaban J connectivity index is 1.07. The Hall–Kier alpha value is -7.77. The Kier molecular flexibility index (Phi) is 8.22. The Morgan fingerprint density at radius 3 is 1.56 bits per heavy atom. The van der Waals surface area contributed by atoms with Crippen LogP contribution in [0.2, 0.25) is 0 Å². The summed E-state index contributed by atoms with van der Waals surface area (Å²) in [5.74, 6) is 1.93. The van der Waals surface area contributed by atoms with Crippen molar-refractivity contribution in [2.45, 2.75) is 0 Å². The quantitative estimate of drug-likeness (QED) is 0.168. The van der Waals surface area contributed by atoms with Gasteiger partial charge in [-0.25, -0.2) is 15.0 Å². The van der Waals surface area contributed by atoms with Crippen LogP contribution in [-0.2, 0) is 0 Å². The van der Waals surface area contributed by atoms with E-state index in [2.05, 4.69) is 193 Å². The molecule has 0 unspecified atom stereocenters. The number of para-hydroxylation sites is 2. The molecule has 0 atom stereocenters. The van der Waals surface area contributed by atoms with Gasteiger partial charge in [-0.2, -0.15) is 0 Å². The summed E-state index contributed by atoms with van der Waals surface area (Å²) in [4.78, 5) is 15.9. The Labute approximate surface area is 370 Å². The lowest BCUT2D eigenvalue weighted by Gasteiger charge is -2.13. The summed E-state index contributed by atoms with van der Waals surface area (Å²) >= 11 is 3.61. The van der Waals surface area contributed by atoms with Crippen LogP contribution in [0.15, 0.2) is 206 Å². The van der Waals surface area contributed by atoms with Gasteiger partial charge in [-0.1, -0.05) is 158 Å². The van der Waals surface area contributed by atoms with Crippen LogP contribution in [0, 0.1) is 0 Å². The monoisotopic (exact) mass is 838 g/mol. The molecule has 4 heterocycles. The molecule has 0 N–H and O–H groups in total. The third kappa shape index (κ3) is 5.98. The van der Waals surface area contributed by atoms with Crippen LogP contribution in [0.1, 0.15) is 0 Å². The minimum atomic E-state index is 0.643. The van der Waals surface area contributed by atoms with Gasteiger partial charge in [0.2, 0.25) is 0 Å². The van der Waals surface area contributed by atoms with Crippen molar-refractivity contribution in [1.82, 2.24) is 19.5 Å². The number of benzene rings is 9. The maximum Gasteiger partial charge on any atom is 0.165 e. The first kappa shape index (κ1) is 35.9. The average Bonchev–Trinajstić information content (AvgIpc) is 4.03. The van der Waals surface area contributed by atoms with Crippen molar-refractivity contribution in [2.75, 3.05) is 0 Å². The summed E-state index contributed by atoms with van der Waals surface area (Å²) in [7, 11) is 0. The molecule has 6 heteroatoms. The van der Waals surface area contributed by atoms with Crippen molar-refractivity contribution >= 4 is 84.8 Å². The lowest BCUT2D eigenvalue weighted by atomic mass is 9.98. The predicted octanol–water partition coefficient (Wildman–Crippen LogP) is 16.0. The maximum absolute atomic E-state index is 5.41. The van der Waals surface area contributed by atoms with Crippen LogP contribution in [0.3, 0.4) is 0 Å². The molecule has 63 heavy (non-hydrogen) atoms. The normalized spacial score (nSPS) is 11.8. The maximum atomic E-state index is 5.41. The first-order valence-corrected chi connectivity index (χ1v) is 22.7. The molecular weight excluding hydrogens is 805 g/mol. The highest BCUT2D eigenvalue weighted by atomic mass is 32.1. The van der Waals surface area contributed by atoms with Crippen molar-refractivity contribution in [3.63, 3.8) is 0 Å². The zero-order valence-electron chi connectivity index (χ0n) is 33.7. The molecule has 0 aliphatic rings. The fraction of sp³-hybridized carbons (Fsp3) is 0. The van der Waals surface area contributed by atoms with Crippen LogP contribution in [0.25, 0.3) is 124 Å². The van der Waals surface area contributed by atoms with Crippen molar-refractivity contribution in [2.24, 2.45) is 0 Å². The zero-order chi connectivity index (χ0) is 41.4. The van der Waals surface area contributed by atoms with Crippen LogP contribution >= 0.6 is 22.7 Å². The highest BCUT2D eigenvalue weighted by Gasteiger charge is 2.21. The molecule has 0 saturated carbocycles. The van der Waals surface area contributed by atoms with Gasteiger partial charge < -0.3 is 4.57 Å². The SMILES string of the molecule is c1ccc(-c2cccc(-c3ccc4c(c3)sc3c(-c5nc(-c6ccccc6)nc(-c6ccc7c(c6)sc6ccccc67)n5)cc(-n5c6ccccc6c6ccccc65)cc34)c2)cc1. The molecule has 0 aliphatic carbocycles. The predicted molar refractivity (Wildman–Crippen MR) is 267 cm³/mol. The zero-order valence-corrected chi connectivity index (χ0v) is 35.4. The molecule has 13 rings (SSSR count). The molecule has 0 spiro atoms. The smallest absolute Gasteiger partial charge is 0.165 e. The van der Waals surface area contributed by atoms with Crippen LogP contribution in [0.5, 0.6) is 0 Å². The molecule has 4 nitrogen and oxygen atoms in total. The molecule has 0 bridgehead atoms. The van der Waals surface area contributed by atoms with Crippen molar-refractivity contribution < 1.29 is 0 Å². The lowest BCUT2D eigenvalue weighted by molar-refractivity contribution is 1.08. The van der Waals surface area contributed by atoms with Gasteiger partial charge in [0.1, 0.15) is 0 Å². The van der Waals surface area contributed by atoms with Crippen molar-refractivity contribution in [1.29, 1.82) is 0 Å². The first-order valence-electron chi connectivity index (χ1n) is 21.1. The van der Waals surface area contributed by atoms with E-state index >= 15 is 0 Å². The van der Waals surface area contributed by atoms with Gasteiger partial charge in [0, 0.05) is 73.5 Å². The van der Waals surface area contributed by atoms with Gasteiger partial charge in [-0.15, -0.1) is 22.7 Å². The number of thiophene rings is 2. The fourth-order valence-corrected chi connectivity index (χ4v) is 11.6. The van der Waals surface area contributed by atoms with E-state index < -0.39 is 0 Å². The average molecular weight is 839 g/mol. The van der Waals surface area contributed by atoms with Gasteiger partial charge in [0.25, 0.3) is 0 Å². The van der Waals surface area contributed by atoms with E-state index in [-0.39, 0.29) is 0 Å². The molecule has 13 aromatic rings. The molecule has 0 radical (unpaired) electrons. The van der Waals surface area contributed by atoms with E-state index in [1.165, 1.54) is 68.7 Å². The van der Waals surface area contributed by atoms with Crippen molar-refractivity contribution in [3.05, 3.63) is 206 Å². The van der Waals surface area contributed by atoms with E-state index in [0.717, 1.165) is 38.1 Å². The van der Waals surface area contributed by atoms with Gasteiger partial charge >= 0.3 is 0 Å². The largest absolute Gasteiger partial charge is 0.309 e. The second-order valence-corrected chi connectivity index (χ2v) is 18.1. The second kappa shape index (κ2) is 14.4. The molecule has 0 aliphatic heterocycles. The van der Waals surface area contributed by atoms with Gasteiger partial charge in [0.05, 0.1) is 11.0 Å². The highest BCUT2D eigenvalue weighted by molar-refractivity contribution is 7.26. The van der Waals surface area contributed by atoms with Crippen LogP contribution < -0.4 is 0 Å². The minimum absolute atomic E-state index is 0.643. The summed E-state index contributed by atoms with van der Waals surface area (Å²) in [5.41, 5.74) is 11.0. The molecule has 0 saturated heterocycles. The summed E-state index contributed by atoms with van der Waals surface area (Å²) < 4.78 is 7.23. The first-order chi connectivity index (χ1) is 31.2. The van der Waals surface area contributed by atoms with Gasteiger partial charge in [0.15, 0.2) is 17.5 Å². The number of nitrogens with zero attached hydrogens (tertiary/aromatic N) is 4. The molecule has 294 valence electrons. The van der Waals surface area contributed by atoms with Gasteiger partial charge in [-0.3, -0.25) is 0 Å². The van der Waals surface area contributed by atoms with Crippen molar-refractivity contribution in [3.8, 4) is 62.1 Å². The number of aromatic nitrogens is 4. The topological polar surface area (TPSA) is 43.6 Å². The standard InChI is InChI=1S/C57H34N4S2/c1-3-14-35(15-4-1)37-18-13-19-38(30-37)39-26-28-46-47-33-41(61-49-23-10-7-20-42(49)43-21-8-11-24-50(43)61)34-48(54(47)63-53(46)31-39)57-59-55(36-16-5-2-6-17-36)58-56(60-57)40-27-29-45-44-22-9-12-25-51(44)62-52(45)32-40/h1-34H. The summed E-state index contributed by atoms with van der Waals surface area (Å²) in [5, 5.41) is 7.33. The molecule has 4 aromatic heterocycles. The van der Waals surface area contributed by atoms with E-state index in [0.29, 0.717) is 17.5 Å². The Morgan fingerprint density at radius 2 is 0.810 bits per heavy atom. The Bertz CT molecular complexity index is 3870. The minimum Gasteiger partial charge on any atom is -0.309 e. The third-order valence-electron chi connectivity index (χ3n) is 12.2. The van der Waals surface area contributed by atoms with E-state index in [1.54, 1.807) is 22.7 Å². The van der Waals surface area contributed by atoms with Crippen LogP contribution in [-0.4, -0.2) is 19.5 Å². The number of rotatable bonds is 6. The molecule has 9 aromatic carbocycles. The summed E-state index contributed by atoms with van der Waals surface area (Å²) in [6.45, 7) is 0. The number of fused-ring (bicyclic) bond motifs is 9. The number of hydrogen-bond donors (Lipinski definition) is 0. The fourth-order valence-electron chi connectivity index (χ4n) is 9.25. The Morgan fingerprint density at radius 1 is 0.302 bits per heavy atom. The number of hydrogen-bond acceptors (Lipinski definition) is 5. The second-order valence-electron chi connectivity index (χ2n) is 16.0. The molecular formula is C57H34N4S2. The summed E-state index contributed by atoms with van der Waals surface area (Å²) in [6, 6.07) is 73.9. The summed E-state index contributed by atoms with van der Waals surface area (Å²) in [6.07, 6.45) is 0. The van der Waals surface area contributed by atoms with Crippen LogP contribution in [0.4, 0.5) is 0 Å². The lowest BCUT2D eigenvalue weighted by Crippen LogP contribution is -2.01.